The van der Waals surface area contributed by atoms with Gasteiger partial charge in [0.1, 0.15) is 11.6 Å². The number of carbonyl (C=O) groups is 1. The molecule has 1 aliphatic carbocycles. The van der Waals surface area contributed by atoms with Crippen LogP contribution in [-0.4, -0.2) is 31.9 Å². The van der Waals surface area contributed by atoms with Gasteiger partial charge in [0.15, 0.2) is 0 Å². The number of hydrogen-bond donors (Lipinski definition) is 1. The molecular weight excluding hydrogens is 443 g/mol. The largest absolute Gasteiger partial charge is 0.494 e. The molecule has 0 saturated heterocycles. The van der Waals surface area contributed by atoms with Crippen LogP contribution >= 0.6 is 0 Å². The van der Waals surface area contributed by atoms with Crippen LogP contribution in [-0.2, 0) is 16.6 Å². The summed E-state index contributed by atoms with van der Waals surface area (Å²) < 4.78 is 47.6. The summed E-state index contributed by atoms with van der Waals surface area (Å²) >= 11 is 0. The first-order chi connectivity index (χ1) is 15.9. The zero-order valence-corrected chi connectivity index (χ0v) is 19.0. The number of ether oxygens (including phenoxy) is 1. The van der Waals surface area contributed by atoms with Crippen LogP contribution < -0.4 is 9.46 Å². The average molecular weight is 469 g/mol. The molecule has 1 fully saturated rings. The number of carbonyl (C=O) groups excluding carboxylic acids is 1. The third kappa shape index (κ3) is 5.51. The third-order valence-electron chi connectivity index (χ3n) is 5.35. The van der Waals surface area contributed by atoms with Gasteiger partial charge in [-0.2, -0.15) is 0 Å². The molecule has 6 nitrogen and oxygen atoms in total. The van der Waals surface area contributed by atoms with E-state index in [1.54, 1.807) is 53.4 Å². The molecule has 0 atom stereocenters. The van der Waals surface area contributed by atoms with Crippen molar-refractivity contribution in [2.75, 3.05) is 11.3 Å². The zero-order valence-electron chi connectivity index (χ0n) is 18.2. The lowest BCUT2D eigenvalue weighted by molar-refractivity contribution is 0.0728. The maximum Gasteiger partial charge on any atom is 0.261 e. The lowest BCUT2D eigenvalue weighted by atomic mass is 10.1. The van der Waals surface area contributed by atoms with E-state index in [2.05, 4.69) is 4.72 Å². The summed E-state index contributed by atoms with van der Waals surface area (Å²) in [6.07, 6.45) is 1.73. The van der Waals surface area contributed by atoms with Gasteiger partial charge in [-0.1, -0.05) is 24.3 Å². The Kier molecular flexibility index (Phi) is 6.65. The Labute approximate surface area is 193 Å². The molecule has 3 aromatic rings. The van der Waals surface area contributed by atoms with Gasteiger partial charge in [0.2, 0.25) is 0 Å². The number of rotatable bonds is 9. The third-order valence-corrected chi connectivity index (χ3v) is 6.75. The molecule has 1 N–H and O–H groups in total. The molecule has 172 valence electrons. The van der Waals surface area contributed by atoms with E-state index in [0.717, 1.165) is 12.8 Å². The maximum absolute atomic E-state index is 14.2. The van der Waals surface area contributed by atoms with E-state index >= 15 is 0 Å². The van der Waals surface area contributed by atoms with Crippen molar-refractivity contribution in [3.05, 3.63) is 89.7 Å². The number of amides is 1. The number of benzene rings is 3. The Hall–Kier alpha value is -3.39. The van der Waals surface area contributed by atoms with Crippen molar-refractivity contribution in [3.8, 4) is 5.75 Å². The van der Waals surface area contributed by atoms with Crippen molar-refractivity contribution in [2.24, 2.45) is 0 Å². The lowest BCUT2D eigenvalue weighted by Crippen LogP contribution is -2.33. The summed E-state index contributed by atoms with van der Waals surface area (Å²) in [5.41, 5.74) is 1.06. The summed E-state index contributed by atoms with van der Waals surface area (Å²) in [5.74, 6) is -0.0326. The first-order valence-electron chi connectivity index (χ1n) is 10.8. The van der Waals surface area contributed by atoms with Crippen LogP contribution in [0.5, 0.6) is 5.75 Å². The second kappa shape index (κ2) is 9.62. The predicted molar refractivity (Wildman–Crippen MR) is 124 cm³/mol. The second-order valence-corrected chi connectivity index (χ2v) is 9.53. The van der Waals surface area contributed by atoms with E-state index in [-0.39, 0.29) is 34.9 Å². The highest BCUT2D eigenvalue weighted by Gasteiger charge is 2.33. The Balaban J connectivity index is 1.52. The number of halogens is 1. The van der Waals surface area contributed by atoms with Crippen LogP contribution in [0.3, 0.4) is 0 Å². The van der Waals surface area contributed by atoms with Gasteiger partial charge in [-0.05, 0) is 68.3 Å². The molecule has 0 unspecified atom stereocenters. The van der Waals surface area contributed by atoms with Crippen molar-refractivity contribution in [1.29, 1.82) is 0 Å². The Morgan fingerprint density at radius 1 is 1.06 bits per heavy atom. The van der Waals surface area contributed by atoms with Crippen LogP contribution in [0.25, 0.3) is 0 Å². The Bertz CT molecular complexity index is 1240. The van der Waals surface area contributed by atoms with Crippen molar-refractivity contribution in [1.82, 2.24) is 4.90 Å². The van der Waals surface area contributed by atoms with Crippen molar-refractivity contribution in [2.45, 2.75) is 37.2 Å². The van der Waals surface area contributed by atoms with E-state index in [1.165, 1.54) is 24.3 Å². The van der Waals surface area contributed by atoms with Gasteiger partial charge in [0, 0.05) is 29.4 Å². The minimum atomic E-state index is -3.85. The van der Waals surface area contributed by atoms with Crippen LogP contribution in [0.15, 0.2) is 77.7 Å². The summed E-state index contributed by atoms with van der Waals surface area (Å²) in [5, 5.41) is 0. The number of nitrogens with zero attached hydrogens (tertiary/aromatic N) is 1. The van der Waals surface area contributed by atoms with Gasteiger partial charge in [-0.25, -0.2) is 12.8 Å². The topological polar surface area (TPSA) is 75.7 Å². The number of sulfonamides is 1. The maximum atomic E-state index is 14.2. The van der Waals surface area contributed by atoms with Crippen LogP contribution in [0.2, 0.25) is 0 Å². The Morgan fingerprint density at radius 2 is 1.79 bits per heavy atom. The Morgan fingerprint density at radius 3 is 2.45 bits per heavy atom. The first-order valence-corrected chi connectivity index (χ1v) is 12.3. The molecule has 1 amide bonds. The van der Waals surface area contributed by atoms with Gasteiger partial charge < -0.3 is 9.64 Å². The van der Waals surface area contributed by atoms with Crippen molar-refractivity contribution < 1.29 is 22.3 Å². The molecule has 0 aromatic heterocycles. The van der Waals surface area contributed by atoms with Gasteiger partial charge >= 0.3 is 0 Å². The minimum Gasteiger partial charge on any atom is -0.494 e. The smallest absolute Gasteiger partial charge is 0.261 e. The number of hydrogen-bond acceptors (Lipinski definition) is 4. The van der Waals surface area contributed by atoms with E-state index in [4.69, 9.17) is 4.74 Å². The first kappa shape index (κ1) is 22.8. The molecule has 0 spiro atoms. The van der Waals surface area contributed by atoms with Crippen LogP contribution in [0.1, 0.15) is 35.7 Å². The predicted octanol–water partition coefficient (Wildman–Crippen LogP) is 4.83. The molecule has 3 aromatic carbocycles. The SMILES string of the molecule is CCOc1ccc(S(=O)(=O)Nc2cccc(C(=O)N(Cc3ccccc3F)C3CC3)c2)cc1. The van der Waals surface area contributed by atoms with Crippen LogP contribution in [0.4, 0.5) is 10.1 Å². The van der Waals surface area contributed by atoms with Gasteiger partial charge in [-0.15, -0.1) is 0 Å². The number of nitrogens with one attached hydrogen (secondary N) is 1. The molecule has 33 heavy (non-hydrogen) atoms. The fourth-order valence-electron chi connectivity index (χ4n) is 3.54. The lowest BCUT2D eigenvalue weighted by Gasteiger charge is -2.23. The van der Waals surface area contributed by atoms with E-state index in [1.807, 2.05) is 6.92 Å². The van der Waals surface area contributed by atoms with Crippen LogP contribution in [0, 0.1) is 5.82 Å². The highest BCUT2D eigenvalue weighted by Crippen LogP contribution is 2.31. The molecule has 0 radical (unpaired) electrons. The molecule has 1 saturated carbocycles. The fourth-order valence-corrected chi connectivity index (χ4v) is 4.59. The average Bonchev–Trinajstić information content (AvgIpc) is 3.64. The normalized spacial score (nSPS) is 13.4. The van der Waals surface area contributed by atoms with Gasteiger partial charge in [0.25, 0.3) is 15.9 Å². The van der Waals surface area contributed by atoms with Crippen molar-refractivity contribution >= 4 is 21.6 Å². The molecular formula is C25H25FN2O4S. The summed E-state index contributed by atoms with van der Waals surface area (Å²) in [4.78, 5) is 15.0. The minimum absolute atomic E-state index is 0.0568. The molecule has 0 bridgehead atoms. The standard InChI is InChI=1S/C25H25FN2O4S/c1-2-32-22-12-14-23(15-13-22)33(30,31)27-20-8-5-7-18(16-20)25(29)28(21-10-11-21)17-19-6-3-4-9-24(19)26/h3-9,12-16,21,27H,2,10-11,17H2,1H3. The summed E-state index contributed by atoms with van der Waals surface area (Å²) in [7, 11) is -3.85. The highest BCUT2D eigenvalue weighted by molar-refractivity contribution is 7.92. The zero-order chi connectivity index (χ0) is 23.4. The monoisotopic (exact) mass is 468 g/mol. The number of anilines is 1. The van der Waals surface area contributed by atoms with Gasteiger partial charge in [0.05, 0.1) is 11.5 Å². The van der Waals surface area contributed by atoms with E-state index < -0.39 is 10.0 Å². The van der Waals surface area contributed by atoms with Gasteiger partial charge in [-0.3, -0.25) is 9.52 Å². The highest BCUT2D eigenvalue weighted by atomic mass is 32.2. The second-order valence-electron chi connectivity index (χ2n) is 7.85. The molecule has 8 heteroatoms. The van der Waals surface area contributed by atoms with Crippen molar-refractivity contribution in [3.63, 3.8) is 0 Å². The fraction of sp³-hybridized carbons (Fsp3) is 0.240. The van der Waals surface area contributed by atoms with E-state index in [0.29, 0.717) is 23.5 Å². The molecule has 0 aliphatic heterocycles. The summed E-state index contributed by atoms with van der Waals surface area (Å²) in [6, 6.07) is 18.9. The molecule has 0 heterocycles. The quantitative estimate of drug-likeness (QED) is 0.488. The molecule has 1 aliphatic rings. The molecule has 4 rings (SSSR count). The van der Waals surface area contributed by atoms with E-state index in [9.17, 15) is 17.6 Å². The summed E-state index contributed by atoms with van der Waals surface area (Å²) in [6.45, 7) is 2.50.